The lowest BCUT2D eigenvalue weighted by Gasteiger charge is -2.14. The molecule has 134 valence electrons. The Hall–Kier alpha value is -1.87. The first kappa shape index (κ1) is 17.9. The SMILES string of the molecule is C[C@H](OC(=O)CS[C@H]1CCS(=O)(=O)C1)c1nc2ccccc2c(=O)[nH]1. The van der Waals surface area contributed by atoms with E-state index in [1.807, 2.05) is 0 Å². The van der Waals surface area contributed by atoms with E-state index in [9.17, 15) is 18.0 Å². The maximum Gasteiger partial charge on any atom is 0.316 e. The zero-order chi connectivity index (χ0) is 18.0. The molecule has 0 saturated carbocycles. The Morgan fingerprint density at radius 2 is 2.20 bits per heavy atom. The quantitative estimate of drug-likeness (QED) is 0.780. The summed E-state index contributed by atoms with van der Waals surface area (Å²) in [6.07, 6.45) is -0.132. The van der Waals surface area contributed by atoms with E-state index < -0.39 is 21.9 Å². The number of fused-ring (bicyclic) bond motifs is 1. The molecule has 0 spiro atoms. The third kappa shape index (κ3) is 4.40. The van der Waals surface area contributed by atoms with Gasteiger partial charge in [0.2, 0.25) is 0 Å². The number of hydrogen-bond acceptors (Lipinski definition) is 7. The molecule has 2 aromatic rings. The second kappa shape index (κ2) is 7.17. The lowest BCUT2D eigenvalue weighted by Crippen LogP contribution is -2.19. The van der Waals surface area contributed by atoms with Gasteiger partial charge in [0.15, 0.2) is 21.8 Å². The van der Waals surface area contributed by atoms with E-state index in [0.29, 0.717) is 17.3 Å². The number of sulfone groups is 1. The first-order valence-electron chi connectivity index (χ1n) is 7.84. The van der Waals surface area contributed by atoms with Crippen LogP contribution in [0.5, 0.6) is 0 Å². The molecular weight excluding hydrogens is 364 g/mol. The van der Waals surface area contributed by atoms with Crippen LogP contribution in [0.25, 0.3) is 10.9 Å². The van der Waals surface area contributed by atoms with Crippen LogP contribution in [-0.4, -0.2) is 46.9 Å². The van der Waals surface area contributed by atoms with Crippen molar-refractivity contribution < 1.29 is 17.9 Å². The molecular formula is C16H18N2O5S2. The lowest BCUT2D eigenvalue weighted by atomic mass is 10.2. The molecule has 9 heteroatoms. The maximum absolute atomic E-state index is 12.1. The molecule has 1 aromatic heterocycles. The first-order chi connectivity index (χ1) is 11.8. The van der Waals surface area contributed by atoms with Crippen LogP contribution in [0.1, 0.15) is 25.3 Å². The predicted molar refractivity (Wildman–Crippen MR) is 96.4 cm³/mol. The molecule has 0 radical (unpaired) electrons. The number of benzene rings is 1. The minimum absolute atomic E-state index is 0.0635. The molecule has 1 saturated heterocycles. The highest BCUT2D eigenvalue weighted by Gasteiger charge is 2.29. The number of H-pyrrole nitrogens is 1. The normalized spacial score (nSPS) is 20.4. The first-order valence-corrected chi connectivity index (χ1v) is 10.7. The number of nitrogens with zero attached hydrogens (tertiary/aromatic N) is 1. The van der Waals surface area contributed by atoms with E-state index in [2.05, 4.69) is 9.97 Å². The number of esters is 1. The Balaban J connectivity index is 1.61. The number of aromatic nitrogens is 2. The van der Waals surface area contributed by atoms with Crippen LogP contribution in [0.3, 0.4) is 0 Å². The Morgan fingerprint density at radius 1 is 1.44 bits per heavy atom. The average molecular weight is 382 g/mol. The van der Waals surface area contributed by atoms with Gasteiger partial charge in [-0.15, -0.1) is 11.8 Å². The molecule has 0 unspecified atom stereocenters. The van der Waals surface area contributed by atoms with Crippen LogP contribution in [0.2, 0.25) is 0 Å². The number of aromatic amines is 1. The highest BCUT2D eigenvalue weighted by Crippen LogP contribution is 2.25. The van der Waals surface area contributed by atoms with E-state index in [4.69, 9.17) is 4.74 Å². The summed E-state index contributed by atoms with van der Waals surface area (Å²) in [5.41, 5.74) is 0.253. The Kier molecular flexibility index (Phi) is 5.14. The van der Waals surface area contributed by atoms with Gasteiger partial charge in [-0.1, -0.05) is 12.1 Å². The zero-order valence-electron chi connectivity index (χ0n) is 13.6. The number of rotatable bonds is 5. The predicted octanol–water partition coefficient (Wildman–Crippen LogP) is 1.45. The van der Waals surface area contributed by atoms with Gasteiger partial charge in [-0.3, -0.25) is 9.59 Å². The van der Waals surface area contributed by atoms with Crippen molar-refractivity contribution in [2.45, 2.75) is 24.7 Å². The standard InChI is InChI=1S/C16H18N2O5S2/c1-10(15-17-13-5-3-2-4-12(13)16(20)18-15)23-14(19)8-24-11-6-7-25(21,22)9-11/h2-5,10-11H,6-9H2,1H3,(H,17,18,20)/t10-,11-/m0/s1. The van der Waals surface area contributed by atoms with Gasteiger partial charge >= 0.3 is 5.97 Å². The van der Waals surface area contributed by atoms with Gasteiger partial charge in [-0.05, 0) is 25.5 Å². The van der Waals surface area contributed by atoms with Crippen LogP contribution in [0.15, 0.2) is 29.1 Å². The Labute approximate surface area is 149 Å². The maximum atomic E-state index is 12.1. The van der Waals surface area contributed by atoms with Crippen LogP contribution >= 0.6 is 11.8 Å². The number of carbonyl (C=O) groups is 1. The van der Waals surface area contributed by atoms with E-state index in [1.165, 1.54) is 11.8 Å². The van der Waals surface area contributed by atoms with E-state index in [1.54, 1.807) is 31.2 Å². The summed E-state index contributed by atoms with van der Waals surface area (Å²) in [4.78, 5) is 31.0. The van der Waals surface area contributed by atoms with Crippen molar-refractivity contribution in [3.05, 3.63) is 40.4 Å². The second-order valence-electron chi connectivity index (χ2n) is 5.94. The summed E-state index contributed by atoms with van der Waals surface area (Å²) in [5.74, 6) is 0.184. The fourth-order valence-corrected chi connectivity index (χ4v) is 6.09. The molecule has 0 aliphatic carbocycles. The Bertz CT molecular complexity index is 954. The third-order valence-electron chi connectivity index (χ3n) is 3.95. The van der Waals surface area contributed by atoms with Crippen molar-refractivity contribution in [2.75, 3.05) is 17.3 Å². The van der Waals surface area contributed by atoms with Gasteiger partial charge in [0.25, 0.3) is 5.56 Å². The van der Waals surface area contributed by atoms with Crippen LogP contribution in [-0.2, 0) is 19.4 Å². The number of nitrogens with one attached hydrogen (secondary N) is 1. The van der Waals surface area contributed by atoms with Crippen molar-refractivity contribution >= 4 is 38.5 Å². The fourth-order valence-electron chi connectivity index (χ4n) is 2.66. The molecule has 0 bridgehead atoms. The molecule has 25 heavy (non-hydrogen) atoms. The van der Waals surface area contributed by atoms with Gasteiger partial charge in [0, 0.05) is 5.25 Å². The molecule has 3 rings (SSSR count). The zero-order valence-corrected chi connectivity index (χ0v) is 15.2. The van der Waals surface area contributed by atoms with Gasteiger partial charge < -0.3 is 9.72 Å². The van der Waals surface area contributed by atoms with Crippen molar-refractivity contribution in [2.24, 2.45) is 0 Å². The summed E-state index contributed by atoms with van der Waals surface area (Å²) in [7, 11) is -2.96. The molecule has 7 nitrogen and oxygen atoms in total. The average Bonchev–Trinajstić information content (AvgIpc) is 2.92. The van der Waals surface area contributed by atoms with E-state index >= 15 is 0 Å². The summed E-state index contributed by atoms with van der Waals surface area (Å²) in [5, 5.41) is 0.411. The molecule has 1 aromatic carbocycles. The third-order valence-corrected chi connectivity index (χ3v) is 7.21. The molecule has 1 N–H and O–H groups in total. The molecule has 1 aliphatic rings. The second-order valence-corrected chi connectivity index (χ2v) is 9.45. The van der Waals surface area contributed by atoms with E-state index in [-0.39, 0.29) is 33.9 Å². The number of para-hydroxylation sites is 1. The van der Waals surface area contributed by atoms with Gasteiger partial charge in [-0.2, -0.15) is 0 Å². The summed E-state index contributed by atoms with van der Waals surface area (Å²) >= 11 is 1.29. The van der Waals surface area contributed by atoms with Gasteiger partial charge in [0.05, 0.1) is 28.2 Å². The fraction of sp³-hybridized carbons (Fsp3) is 0.438. The molecule has 1 fully saturated rings. The van der Waals surface area contributed by atoms with Crippen LogP contribution < -0.4 is 5.56 Å². The topological polar surface area (TPSA) is 106 Å². The molecule has 0 amide bonds. The van der Waals surface area contributed by atoms with Crippen molar-refractivity contribution in [3.8, 4) is 0 Å². The van der Waals surface area contributed by atoms with Gasteiger partial charge in [-0.25, -0.2) is 13.4 Å². The van der Waals surface area contributed by atoms with Crippen LogP contribution in [0, 0.1) is 0 Å². The van der Waals surface area contributed by atoms with E-state index in [0.717, 1.165) is 0 Å². The lowest BCUT2D eigenvalue weighted by molar-refractivity contribution is -0.145. The minimum atomic E-state index is -2.96. The number of ether oxygens (including phenoxy) is 1. The monoisotopic (exact) mass is 382 g/mol. The van der Waals surface area contributed by atoms with Crippen molar-refractivity contribution in [1.82, 2.24) is 9.97 Å². The number of thioether (sulfide) groups is 1. The van der Waals surface area contributed by atoms with Gasteiger partial charge in [0.1, 0.15) is 0 Å². The van der Waals surface area contributed by atoms with Crippen molar-refractivity contribution in [1.29, 1.82) is 0 Å². The summed E-state index contributed by atoms with van der Waals surface area (Å²) in [6, 6.07) is 6.93. The smallest absolute Gasteiger partial charge is 0.316 e. The highest BCUT2D eigenvalue weighted by atomic mass is 32.2. The molecule has 2 atom stereocenters. The van der Waals surface area contributed by atoms with Crippen molar-refractivity contribution in [3.63, 3.8) is 0 Å². The Morgan fingerprint density at radius 3 is 2.92 bits per heavy atom. The summed E-state index contributed by atoms with van der Waals surface area (Å²) < 4.78 is 28.1. The largest absolute Gasteiger partial charge is 0.454 e. The molecule has 2 heterocycles. The number of hydrogen-bond donors (Lipinski definition) is 1. The summed E-state index contributed by atoms with van der Waals surface area (Å²) in [6.45, 7) is 1.63. The highest BCUT2D eigenvalue weighted by molar-refractivity contribution is 8.02. The van der Waals surface area contributed by atoms with Crippen LogP contribution in [0.4, 0.5) is 0 Å². The molecule has 1 aliphatic heterocycles. The number of carbonyl (C=O) groups excluding carboxylic acids is 1. The minimum Gasteiger partial charge on any atom is -0.454 e.